The van der Waals surface area contributed by atoms with Crippen LogP contribution in [0.2, 0.25) is 0 Å². The number of alkyl halides is 1. The number of nitrogens with one attached hydrogen (secondary N) is 1. The summed E-state index contributed by atoms with van der Waals surface area (Å²) in [4.78, 5) is 20.6. The van der Waals surface area contributed by atoms with Gasteiger partial charge in [-0.15, -0.1) is 11.6 Å². The normalized spacial score (nSPS) is 11.8. The second-order valence-corrected chi connectivity index (χ2v) is 6.41. The van der Waals surface area contributed by atoms with Crippen molar-refractivity contribution in [1.82, 2.24) is 19.9 Å². The van der Waals surface area contributed by atoms with Gasteiger partial charge in [-0.2, -0.15) is 0 Å². The molecule has 2 aromatic rings. The molecule has 5 nitrogen and oxygen atoms in total. The molecule has 2 aromatic heterocycles. The molecule has 0 unspecified atom stereocenters. The predicted molar refractivity (Wildman–Crippen MR) is 84.5 cm³/mol. The van der Waals surface area contributed by atoms with E-state index in [9.17, 15) is 4.79 Å². The smallest absolute Gasteiger partial charge is 0.222 e. The van der Waals surface area contributed by atoms with Gasteiger partial charge < -0.3 is 9.88 Å². The van der Waals surface area contributed by atoms with Crippen molar-refractivity contribution in [2.24, 2.45) is 0 Å². The van der Waals surface area contributed by atoms with Crippen LogP contribution in [-0.4, -0.2) is 31.9 Å². The molecule has 0 spiro atoms. The van der Waals surface area contributed by atoms with E-state index in [2.05, 4.69) is 19.9 Å². The first-order valence-electron chi connectivity index (χ1n) is 7.07. The average molecular weight is 309 g/mol. The number of aromatic nitrogens is 3. The number of hydrogen-bond donors (Lipinski definition) is 1. The molecule has 1 amide bonds. The van der Waals surface area contributed by atoms with Gasteiger partial charge in [0.15, 0.2) is 0 Å². The van der Waals surface area contributed by atoms with Gasteiger partial charge in [0.2, 0.25) is 5.91 Å². The van der Waals surface area contributed by atoms with E-state index in [4.69, 9.17) is 11.6 Å². The van der Waals surface area contributed by atoms with E-state index in [1.807, 2.05) is 26.8 Å². The molecule has 0 aromatic carbocycles. The molecule has 0 atom stereocenters. The van der Waals surface area contributed by atoms with Crippen LogP contribution < -0.4 is 5.32 Å². The first kappa shape index (κ1) is 15.8. The summed E-state index contributed by atoms with van der Waals surface area (Å²) in [6, 6.07) is 1.92. The molecule has 21 heavy (non-hydrogen) atoms. The van der Waals surface area contributed by atoms with Gasteiger partial charge in [-0.05, 0) is 26.8 Å². The van der Waals surface area contributed by atoms with Gasteiger partial charge in [0.25, 0.3) is 0 Å². The Hall–Kier alpha value is -1.62. The lowest BCUT2D eigenvalue weighted by Crippen LogP contribution is -2.40. The van der Waals surface area contributed by atoms with E-state index in [-0.39, 0.29) is 11.4 Å². The Balaban J connectivity index is 2.17. The molecule has 2 heterocycles. The highest BCUT2D eigenvalue weighted by molar-refractivity contribution is 6.17. The van der Waals surface area contributed by atoms with E-state index >= 15 is 0 Å². The van der Waals surface area contributed by atoms with Gasteiger partial charge in [-0.3, -0.25) is 9.78 Å². The average Bonchev–Trinajstić information content (AvgIpc) is 2.72. The minimum Gasteiger partial charge on any atom is -0.351 e. The van der Waals surface area contributed by atoms with Crippen LogP contribution in [0.3, 0.4) is 0 Å². The number of imidazole rings is 1. The number of halogens is 1. The van der Waals surface area contributed by atoms with Crippen LogP contribution in [0.1, 0.15) is 33.0 Å². The highest BCUT2D eigenvalue weighted by Crippen LogP contribution is 2.16. The van der Waals surface area contributed by atoms with E-state index < -0.39 is 0 Å². The molecule has 2 rings (SSSR count). The van der Waals surface area contributed by atoms with E-state index in [1.165, 1.54) is 0 Å². The second-order valence-electron chi connectivity index (χ2n) is 6.03. The fourth-order valence-corrected chi connectivity index (χ4v) is 2.42. The quantitative estimate of drug-likeness (QED) is 0.863. The lowest BCUT2D eigenvalue weighted by Gasteiger charge is -2.20. The van der Waals surface area contributed by atoms with Crippen LogP contribution in [0.25, 0.3) is 11.0 Å². The summed E-state index contributed by atoms with van der Waals surface area (Å²) < 4.78 is 2.06. The maximum atomic E-state index is 12.0. The zero-order valence-electron chi connectivity index (χ0n) is 12.7. The summed E-state index contributed by atoms with van der Waals surface area (Å²) in [6.07, 6.45) is 4.57. The van der Waals surface area contributed by atoms with Gasteiger partial charge >= 0.3 is 0 Å². The number of carbonyl (C=O) groups excluding carboxylic acids is 1. The molecule has 0 aliphatic rings. The van der Waals surface area contributed by atoms with Crippen LogP contribution in [0.5, 0.6) is 0 Å². The molecule has 6 heteroatoms. The third-order valence-electron chi connectivity index (χ3n) is 3.02. The highest BCUT2D eigenvalue weighted by Gasteiger charge is 2.15. The Labute approximate surface area is 129 Å². The molecule has 114 valence electrons. The molecule has 0 radical (unpaired) electrons. The molecule has 0 fully saturated rings. The SMILES string of the molecule is CC(C)(C)NC(=O)CCn1c(CCCl)nc2cnccc21. The van der Waals surface area contributed by atoms with Crippen LogP contribution in [0.15, 0.2) is 18.5 Å². The second kappa shape index (κ2) is 6.43. The number of pyridine rings is 1. The van der Waals surface area contributed by atoms with Gasteiger partial charge in [-0.1, -0.05) is 0 Å². The Morgan fingerprint density at radius 3 is 2.86 bits per heavy atom. The van der Waals surface area contributed by atoms with Gasteiger partial charge in [-0.25, -0.2) is 4.98 Å². The number of fused-ring (bicyclic) bond motifs is 1. The minimum absolute atomic E-state index is 0.0372. The fourth-order valence-electron chi connectivity index (χ4n) is 2.25. The van der Waals surface area contributed by atoms with E-state index in [1.54, 1.807) is 12.4 Å². The van der Waals surface area contributed by atoms with Crippen molar-refractivity contribution in [3.05, 3.63) is 24.3 Å². The number of amides is 1. The van der Waals surface area contributed by atoms with Gasteiger partial charge in [0, 0.05) is 37.0 Å². The summed E-state index contributed by atoms with van der Waals surface area (Å²) in [5.41, 5.74) is 1.62. The van der Waals surface area contributed by atoms with E-state index in [0.29, 0.717) is 25.3 Å². The standard InChI is InChI=1S/C15H21ClN4O/c1-15(2,3)19-14(21)6-9-20-12-5-8-17-10-11(12)18-13(20)4-7-16/h5,8,10H,4,6-7,9H2,1-3H3,(H,19,21). The van der Waals surface area contributed by atoms with Crippen LogP contribution in [-0.2, 0) is 17.8 Å². The summed E-state index contributed by atoms with van der Waals surface area (Å²) in [5, 5.41) is 2.97. The lowest BCUT2D eigenvalue weighted by molar-refractivity contribution is -0.122. The summed E-state index contributed by atoms with van der Waals surface area (Å²) >= 11 is 5.84. The van der Waals surface area contributed by atoms with Crippen molar-refractivity contribution >= 4 is 28.5 Å². The summed E-state index contributed by atoms with van der Waals surface area (Å²) in [5.74, 6) is 1.44. The van der Waals surface area contributed by atoms with Gasteiger partial charge in [0.1, 0.15) is 11.3 Å². The maximum absolute atomic E-state index is 12.0. The van der Waals surface area contributed by atoms with Crippen molar-refractivity contribution in [2.75, 3.05) is 5.88 Å². The number of rotatable bonds is 5. The molecule has 1 N–H and O–H groups in total. The third-order valence-corrected chi connectivity index (χ3v) is 3.21. The zero-order chi connectivity index (χ0) is 15.5. The first-order valence-corrected chi connectivity index (χ1v) is 7.60. The largest absolute Gasteiger partial charge is 0.351 e. The first-order chi connectivity index (χ1) is 9.90. The Morgan fingerprint density at radius 2 is 2.19 bits per heavy atom. The lowest BCUT2D eigenvalue weighted by atomic mass is 10.1. The third kappa shape index (κ3) is 4.17. The molecule has 0 saturated heterocycles. The minimum atomic E-state index is -0.211. The number of aryl methyl sites for hydroxylation is 2. The topological polar surface area (TPSA) is 59.8 Å². The van der Waals surface area contributed by atoms with Crippen LogP contribution in [0, 0.1) is 0 Å². The monoisotopic (exact) mass is 308 g/mol. The predicted octanol–water partition coefficient (Wildman–Crippen LogP) is 2.52. The number of carbonyl (C=O) groups is 1. The molecular formula is C15H21ClN4O. The molecule has 0 aliphatic carbocycles. The maximum Gasteiger partial charge on any atom is 0.222 e. The molecule has 0 saturated carbocycles. The van der Waals surface area contributed by atoms with Crippen molar-refractivity contribution in [3.63, 3.8) is 0 Å². The van der Waals surface area contributed by atoms with Crippen LogP contribution in [0.4, 0.5) is 0 Å². The Morgan fingerprint density at radius 1 is 1.43 bits per heavy atom. The van der Waals surface area contributed by atoms with E-state index in [0.717, 1.165) is 16.9 Å². The molecule has 0 aliphatic heterocycles. The zero-order valence-corrected chi connectivity index (χ0v) is 13.4. The van der Waals surface area contributed by atoms with Crippen molar-refractivity contribution in [1.29, 1.82) is 0 Å². The van der Waals surface area contributed by atoms with Gasteiger partial charge in [0.05, 0.1) is 11.7 Å². The fraction of sp³-hybridized carbons (Fsp3) is 0.533. The van der Waals surface area contributed by atoms with Crippen molar-refractivity contribution < 1.29 is 4.79 Å². The number of nitrogens with zero attached hydrogens (tertiary/aromatic N) is 3. The van der Waals surface area contributed by atoms with Crippen molar-refractivity contribution in [3.8, 4) is 0 Å². The van der Waals surface area contributed by atoms with Crippen molar-refractivity contribution in [2.45, 2.75) is 45.7 Å². The summed E-state index contributed by atoms with van der Waals surface area (Å²) in [7, 11) is 0. The Bertz CT molecular complexity index is 630. The number of hydrogen-bond acceptors (Lipinski definition) is 3. The molecular weight excluding hydrogens is 288 g/mol. The van der Waals surface area contributed by atoms with Crippen LogP contribution >= 0.6 is 11.6 Å². The summed E-state index contributed by atoms with van der Waals surface area (Å²) in [6.45, 7) is 6.51. The Kier molecular flexibility index (Phi) is 4.83. The molecule has 0 bridgehead atoms. The highest BCUT2D eigenvalue weighted by atomic mass is 35.5.